The Balaban J connectivity index is 2.80. The second kappa shape index (κ2) is 5.21. The van der Waals surface area contributed by atoms with E-state index in [2.05, 4.69) is 0 Å². The van der Waals surface area contributed by atoms with Gasteiger partial charge in [-0.05, 0) is 19.1 Å². The van der Waals surface area contributed by atoms with Gasteiger partial charge in [0.25, 0.3) is 5.91 Å². The molecule has 6 heteroatoms. The van der Waals surface area contributed by atoms with Gasteiger partial charge in [-0.15, -0.1) is 0 Å². The van der Waals surface area contributed by atoms with Gasteiger partial charge in [0, 0.05) is 11.1 Å². The summed E-state index contributed by atoms with van der Waals surface area (Å²) in [5, 5.41) is 0.867. The van der Waals surface area contributed by atoms with E-state index in [0.717, 1.165) is 0 Å². The van der Waals surface area contributed by atoms with Gasteiger partial charge in [-0.25, -0.2) is 5.84 Å². The van der Waals surface area contributed by atoms with Crippen molar-refractivity contribution in [3.63, 3.8) is 0 Å². The van der Waals surface area contributed by atoms with E-state index in [9.17, 15) is 4.79 Å². The Hall–Kier alpha value is -0.970. The zero-order valence-electron chi connectivity index (χ0n) is 7.96. The largest absolute Gasteiger partial charge is 0.479 e. The normalized spacial score (nSPS) is 12.0. The van der Waals surface area contributed by atoms with Crippen LogP contribution in [0.1, 0.15) is 6.92 Å². The summed E-state index contributed by atoms with van der Waals surface area (Å²) in [5.74, 6) is 4.86. The van der Waals surface area contributed by atoms with Crippen molar-refractivity contribution in [2.75, 3.05) is 0 Å². The molecule has 1 amide bonds. The number of carbonyl (C=O) groups is 1. The van der Waals surface area contributed by atoms with Crippen molar-refractivity contribution in [3.05, 3.63) is 28.2 Å². The van der Waals surface area contributed by atoms with E-state index in [0.29, 0.717) is 15.8 Å². The highest BCUT2D eigenvalue weighted by Gasteiger charge is 2.14. The molecule has 0 aliphatic rings. The molecule has 15 heavy (non-hydrogen) atoms. The highest BCUT2D eigenvalue weighted by atomic mass is 35.5. The number of amides is 1. The summed E-state index contributed by atoms with van der Waals surface area (Å²) in [4.78, 5) is 11.1. The lowest BCUT2D eigenvalue weighted by Crippen LogP contribution is -2.40. The summed E-state index contributed by atoms with van der Waals surface area (Å²) in [5.41, 5.74) is 1.98. The molecule has 1 aromatic carbocycles. The standard InChI is InChI=1S/C9H10Cl2N2O2/c1-5(9(14)13-12)15-8-4-6(10)2-3-7(8)11/h2-5H,12H2,1H3,(H,13,14). The molecule has 1 unspecified atom stereocenters. The first kappa shape index (κ1) is 12.1. The van der Waals surface area contributed by atoms with Crippen LogP contribution in [-0.4, -0.2) is 12.0 Å². The fourth-order valence-corrected chi connectivity index (χ4v) is 1.25. The summed E-state index contributed by atoms with van der Waals surface area (Å²) >= 11 is 11.6. The SMILES string of the molecule is CC(Oc1cc(Cl)ccc1Cl)C(=O)NN. The summed E-state index contributed by atoms with van der Waals surface area (Å²) in [7, 11) is 0. The number of nitrogens with one attached hydrogen (secondary N) is 1. The van der Waals surface area contributed by atoms with E-state index in [1.54, 1.807) is 19.1 Å². The maximum absolute atomic E-state index is 11.1. The first-order valence-corrected chi connectivity index (χ1v) is 4.92. The van der Waals surface area contributed by atoms with E-state index in [1.807, 2.05) is 5.43 Å². The van der Waals surface area contributed by atoms with Crippen molar-refractivity contribution in [1.82, 2.24) is 5.43 Å². The maximum atomic E-state index is 11.1. The molecule has 0 aromatic heterocycles. The quantitative estimate of drug-likeness (QED) is 0.487. The van der Waals surface area contributed by atoms with Crippen LogP contribution in [0.4, 0.5) is 0 Å². The highest BCUT2D eigenvalue weighted by molar-refractivity contribution is 6.34. The van der Waals surface area contributed by atoms with Crippen molar-refractivity contribution in [2.45, 2.75) is 13.0 Å². The molecule has 0 spiro atoms. The lowest BCUT2D eigenvalue weighted by atomic mass is 10.3. The minimum Gasteiger partial charge on any atom is -0.479 e. The van der Waals surface area contributed by atoms with Crippen LogP contribution < -0.4 is 16.0 Å². The van der Waals surface area contributed by atoms with Crippen molar-refractivity contribution in [1.29, 1.82) is 0 Å². The summed E-state index contributed by atoms with van der Waals surface area (Å²) < 4.78 is 5.27. The number of carbonyl (C=O) groups excluding carboxylic acids is 1. The molecule has 3 N–H and O–H groups in total. The molecule has 0 aliphatic heterocycles. The van der Waals surface area contributed by atoms with Crippen LogP contribution in [0, 0.1) is 0 Å². The number of rotatable bonds is 3. The van der Waals surface area contributed by atoms with Gasteiger partial charge in [0.15, 0.2) is 6.10 Å². The zero-order chi connectivity index (χ0) is 11.4. The molecule has 0 aliphatic carbocycles. The molecule has 0 fully saturated rings. The minimum atomic E-state index is -0.731. The Morgan fingerprint density at radius 2 is 2.20 bits per heavy atom. The molecular formula is C9H10Cl2N2O2. The van der Waals surface area contributed by atoms with Crippen molar-refractivity contribution in [3.8, 4) is 5.75 Å². The predicted molar refractivity (Wildman–Crippen MR) is 58.9 cm³/mol. The van der Waals surface area contributed by atoms with Crippen LogP contribution in [0.3, 0.4) is 0 Å². The molecule has 4 nitrogen and oxygen atoms in total. The third kappa shape index (κ3) is 3.27. The van der Waals surface area contributed by atoms with Crippen molar-refractivity contribution >= 4 is 29.1 Å². The molecule has 1 aromatic rings. The smallest absolute Gasteiger partial charge is 0.274 e. The fraction of sp³-hybridized carbons (Fsp3) is 0.222. The fourth-order valence-electron chi connectivity index (χ4n) is 0.929. The second-order valence-electron chi connectivity index (χ2n) is 2.84. The molecule has 1 rings (SSSR count). The topological polar surface area (TPSA) is 64.3 Å². The van der Waals surface area contributed by atoms with Gasteiger partial charge in [0.2, 0.25) is 0 Å². The first-order chi connectivity index (χ1) is 7.04. The lowest BCUT2D eigenvalue weighted by Gasteiger charge is -2.14. The van der Waals surface area contributed by atoms with Gasteiger partial charge < -0.3 is 4.74 Å². The van der Waals surface area contributed by atoms with E-state index < -0.39 is 12.0 Å². The van der Waals surface area contributed by atoms with Crippen molar-refractivity contribution < 1.29 is 9.53 Å². The van der Waals surface area contributed by atoms with Gasteiger partial charge in [-0.2, -0.15) is 0 Å². The summed E-state index contributed by atoms with van der Waals surface area (Å²) in [6.07, 6.45) is -0.731. The van der Waals surface area contributed by atoms with E-state index in [4.69, 9.17) is 33.8 Å². The van der Waals surface area contributed by atoms with E-state index >= 15 is 0 Å². The predicted octanol–water partition coefficient (Wildman–Crippen LogP) is 1.75. The molecule has 0 heterocycles. The molecular weight excluding hydrogens is 239 g/mol. The number of hydrogen-bond acceptors (Lipinski definition) is 3. The Morgan fingerprint density at radius 3 is 2.80 bits per heavy atom. The maximum Gasteiger partial charge on any atom is 0.274 e. The average molecular weight is 249 g/mol. The molecule has 1 atom stereocenters. The molecule has 0 bridgehead atoms. The summed E-state index contributed by atoms with van der Waals surface area (Å²) in [6.45, 7) is 1.55. The Bertz CT molecular complexity index is 371. The van der Waals surface area contributed by atoms with Gasteiger partial charge >= 0.3 is 0 Å². The van der Waals surface area contributed by atoms with E-state index in [1.165, 1.54) is 6.07 Å². The number of hydrogen-bond donors (Lipinski definition) is 2. The molecule has 0 saturated heterocycles. The second-order valence-corrected chi connectivity index (χ2v) is 3.69. The molecule has 0 saturated carbocycles. The van der Waals surface area contributed by atoms with Crippen molar-refractivity contribution in [2.24, 2.45) is 5.84 Å². The summed E-state index contributed by atoms with van der Waals surface area (Å²) in [6, 6.07) is 4.75. The number of hydrazine groups is 1. The number of ether oxygens (including phenoxy) is 1. The monoisotopic (exact) mass is 248 g/mol. The van der Waals surface area contributed by atoms with Gasteiger partial charge in [-0.1, -0.05) is 23.2 Å². The third-order valence-corrected chi connectivity index (χ3v) is 2.26. The third-order valence-electron chi connectivity index (χ3n) is 1.71. The number of nitrogens with two attached hydrogens (primary N) is 1. The van der Waals surface area contributed by atoms with Crippen LogP contribution in [0.5, 0.6) is 5.75 Å². The van der Waals surface area contributed by atoms with Crippen LogP contribution in [0.15, 0.2) is 18.2 Å². The van der Waals surface area contributed by atoms with E-state index in [-0.39, 0.29) is 0 Å². The van der Waals surface area contributed by atoms with Crippen LogP contribution >= 0.6 is 23.2 Å². The highest BCUT2D eigenvalue weighted by Crippen LogP contribution is 2.28. The first-order valence-electron chi connectivity index (χ1n) is 4.16. The van der Waals surface area contributed by atoms with Gasteiger partial charge in [0.1, 0.15) is 5.75 Å². The zero-order valence-corrected chi connectivity index (χ0v) is 9.47. The van der Waals surface area contributed by atoms with Gasteiger partial charge in [-0.3, -0.25) is 10.2 Å². The minimum absolute atomic E-state index is 0.347. The van der Waals surface area contributed by atoms with Crippen LogP contribution in [0.2, 0.25) is 10.0 Å². The number of halogens is 2. The van der Waals surface area contributed by atoms with Gasteiger partial charge in [0.05, 0.1) is 5.02 Å². The average Bonchev–Trinajstić information content (AvgIpc) is 2.22. The lowest BCUT2D eigenvalue weighted by molar-refractivity contribution is -0.127. The Morgan fingerprint density at radius 1 is 1.53 bits per heavy atom. The molecule has 0 radical (unpaired) electrons. The number of benzene rings is 1. The van der Waals surface area contributed by atoms with Crippen LogP contribution in [-0.2, 0) is 4.79 Å². The molecule has 82 valence electrons. The van der Waals surface area contributed by atoms with Crippen LogP contribution in [0.25, 0.3) is 0 Å². The Kier molecular flexibility index (Phi) is 4.20. The Labute approximate surface area is 97.3 Å².